The van der Waals surface area contributed by atoms with Crippen LogP contribution in [0.3, 0.4) is 0 Å². The Balaban J connectivity index is 1.51. The summed E-state index contributed by atoms with van der Waals surface area (Å²) in [5.41, 5.74) is 1.05. The summed E-state index contributed by atoms with van der Waals surface area (Å²) in [4.78, 5) is 27.0. The Kier molecular flexibility index (Phi) is 7.45. The molecule has 1 N–H and O–H groups in total. The van der Waals surface area contributed by atoms with Gasteiger partial charge in [0.05, 0.1) is 24.3 Å². The third-order valence-electron chi connectivity index (χ3n) is 5.27. The first-order valence-corrected chi connectivity index (χ1v) is 10.4. The maximum atomic E-state index is 12.8. The van der Waals surface area contributed by atoms with Crippen molar-refractivity contribution in [2.24, 2.45) is 5.92 Å². The van der Waals surface area contributed by atoms with Gasteiger partial charge in [0.2, 0.25) is 0 Å². The van der Waals surface area contributed by atoms with Gasteiger partial charge in [-0.25, -0.2) is 0 Å². The maximum absolute atomic E-state index is 12.8. The zero-order chi connectivity index (χ0) is 21.7. The minimum absolute atomic E-state index is 0.0331. The zero-order valence-electron chi connectivity index (χ0n) is 16.9. The predicted octanol–water partition coefficient (Wildman–Crippen LogP) is 4.29. The predicted molar refractivity (Wildman–Crippen MR) is 117 cm³/mol. The fraction of sp³-hybridized carbons (Fsp3) is 0.364. The van der Waals surface area contributed by atoms with Gasteiger partial charge in [0.15, 0.2) is 11.5 Å². The molecule has 0 atom stereocenters. The first-order valence-electron chi connectivity index (χ1n) is 9.67. The molecule has 0 radical (unpaired) electrons. The summed E-state index contributed by atoms with van der Waals surface area (Å²) in [7, 11) is 3.11. The standard InChI is InChI=1S/C22H24Cl2N2O4/c1-29-19-6-4-16(12-20(19)30-2)22(28)26-9-7-14(8-10-26)13-25-21(27)15-3-5-17(23)18(24)11-15/h3-6,11-12,14H,7-10,13H2,1-2H3,(H,25,27). The summed E-state index contributed by atoms with van der Waals surface area (Å²) in [5, 5.41) is 3.71. The van der Waals surface area contributed by atoms with E-state index in [1.807, 2.05) is 4.90 Å². The number of hydrogen-bond donors (Lipinski definition) is 1. The van der Waals surface area contributed by atoms with Crippen molar-refractivity contribution < 1.29 is 19.1 Å². The second-order valence-corrected chi connectivity index (χ2v) is 7.96. The van der Waals surface area contributed by atoms with Gasteiger partial charge in [0.1, 0.15) is 0 Å². The van der Waals surface area contributed by atoms with Crippen molar-refractivity contribution in [3.05, 3.63) is 57.6 Å². The molecule has 2 amide bonds. The van der Waals surface area contributed by atoms with Crippen molar-refractivity contribution in [3.63, 3.8) is 0 Å². The number of rotatable bonds is 6. The first-order chi connectivity index (χ1) is 14.4. The minimum Gasteiger partial charge on any atom is -0.493 e. The van der Waals surface area contributed by atoms with Crippen molar-refractivity contribution in [2.45, 2.75) is 12.8 Å². The highest BCUT2D eigenvalue weighted by molar-refractivity contribution is 6.42. The molecule has 1 fully saturated rings. The molecular formula is C22H24Cl2N2O4. The van der Waals surface area contributed by atoms with Crippen molar-refractivity contribution in [1.82, 2.24) is 10.2 Å². The number of carbonyl (C=O) groups is 2. The summed E-state index contributed by atoms with van der Waals surface area (Å²) in [6, 6.07) is 9.99. The summed E-state index contributed by atoms with van der Waals surface area (Å²) in [6.45, 7) is 1.83. The van der Waals surface area contributed by atoms with Gasteiger partial charge in [0, 0.05) is 30.8 Å². The number of piperidine rings is 1. The van der Waals surface area contributed by atoms with Gasteiger partial charge in [-0.2, -0.15) is 0 Å². The van der Waals surface area contributed by atoms with Crippen LogP contribution in [0.1, 0.15) is 33.6 Å². The molecule has 0 aromatic heterocycles. The SMILES string of the molecule is COc1ccc(C(=O)N2CCC(CNC(=O)c3ccc(Cl)c(Cl)c3)CC2)cc1OC. The van der Waals surface area contributed by atoms with E-state index in [4.69, 9.17) is 32.7 Å². The maximum Gasteiger partial charge on any atom is 0.253 e. The van der Waals surface area contributed by atoms with Crippen LogP contribution < -0.4 is 14.8 Å². The third kappa shape index (κ3) is 5.18. The number of halogens is 2. The fourth-order valence-electron chi connectivity index (χ4n) is 3.47. The van der Waals surface area contributed by atoms with Crippen molar-refractivity contribution in [3.8, 4) is 11.5 Å². The second-order valence-electron chi connectivity index (χ2n) is 7.14. The van der Waals surface area contributed by atoms with E-state index in [1.54, 1.807) is 50.6 Å². The van der Waals surface area contributed by atoms with E-state index in [0.29, 0.717) is 58.2 Å². The Morgan fingerprint density at radius 2 is 1.63 bits per heavy atom. The van der Waals surface area contributed by atoms with E-state index in [-0.39, 0.29) is 11.8 Å². The van der Waals surface area contributed by atoms with Crippen LogP contribution in [0.15, 0.2) is 36.4 Å². The van der Waals surface area contributed by atoms with Gasteiger partial charge in [-0.05, 0) is 55.2 Å². The molecular weight excluding hydrogens is 427 g/mol. The normalized spacial score (nSPS) is 14.3. The molecule has 8 heteroatoms. The summed E-state index contributed by atoms with van der Waals surface area (Å²) < 4.78 is 10.5. The molecule has 1 aliphatic rings. The Labute approximate surface area is 186 Å². The minimum atomic E-state index is -0.183. The third-order valence-corrected chi connectivity index (χ3v) is 6.00. The Hall–Kier alpha value is -2.44. The second kappa shape index (κ2) is 10.0. The highest BCUT2D eigenvalue weighted by Gasteiger charge is 2.25. The number of hydrogen-bond acceptors (Lipinski definition) is 4. The van der Waals surface area contributed by atoms with Crippen LogP contribution >= 0.6 is 23.2 Å². The number of ether oxygens (including phenoxy) is 2. The number of amides is 2. The van der Waals surface area contributed by atoms with E-state index < -0.39 is 0 Å². The molecule has 6 nitrogen and oxygen atoms in total. The molecule has 0 saturated carbocycles. The Bertz CT molecular complexity index is 927. The van der Waals surface area contributed by atoms with Gasteiger partial charge in [-0.15, -0.1) is 0 Å². The number of methoxy groups -OCH3 is 2. The lowest BCUT2D eigenvalue weighted by Gasteiger charge is -2.32. The van der Waals surface area contributed by atoms with Crippen LogP contribution in [0.5, 0.6) is 11.5 Å². The molecule has 0 unspecified atom stereocenters. The molecule has 160 valence electrons. The van der Waals surface area contributed by atoms with Crippen molar-refractivity contribution in [1.29, 1.82) is 0 Å². The molecule has 1 heterocycles. The fourth-order valence-corrected chi connectivity index (χ4v) is 3.77. The number of nitrogens with zero attached hydrogens (tertiary/aromatic N) is 1. The lowest BCUT2D eigenvalue weighted by Crippen LogP contribution is -2.41. The quantitative estimate of drug-likeness (QED) is 0.712. The molecule has 0 bridgehead atoms. The number of benzene rings is 2. The highest BCUT2D eigenvalue weighted by Crippen LogP contribution is 2.29. The molecule has 1 saturated heterocycles. The summed E-state index contributed by atoms with van der Waals surface area (Å²) >= 11 is 11.9. The average Bonchev–Trinajstić information content (AvgIpc) is 2.78. The summed E-state index contributed by atoms with van der Waals surface area (Å²) in [6.07, 6.45) is 1.64. The van der Waals surface area contributed by atoms with Gasteiger partial charge in [-0.1, -0.05) is 23.2 Å². The molecule has 2 aromatic carbocycles. The zero-order valence-corrected chi connectivity index (χ0v) is 18.4. The monoisotopic (exact) mass is 450 g/mol. The smallest absolute Gasteiger partial charge is 0.253 e. The molecule has 0 spiro atoms. The number of likely N-dealkylation sites (tertiary alicyclic amines) is 1. The molecule has 1 aliphatic heterocycles. The van der Waals surface area contributed by atoms with Crippen LogP contribution in [0, 0.1) is 5.92 Å². The van der Waals surface area contributed by atoms with Crippen LogP contribution in [-0.4, -0.2) is 50.6 Å². The lowest BCUT2D eigenvalue weighted by atomic mass is 9.96. The van der Waals surface area contributed by atoms with Crippen LogP contribution in [0.25, 0.3) is 0 Å². The largest absolute Gasteiger partial charge is 0.493 e. The highest BCUT2D eigenvalue weighted by atomic mass is 35.5. The van der Waals surface area contributed by atoms with Crippen molar-refractivity contribution >= 4 is 35.0 Å². The topological polar surface area (TPSA) is 67.9 Å². The molecule has 3 rings (SSSR count). The molecule has 30 heavy (non-hydrogen) atoms. The number of nitrogens with one attached hydrogen (secondary N) is 1. The van der Waals surface area contributed by atoms with E-state index in [1.165, 1.54) is 0 Å². The van der Waals surface area contributed by atoms with E-state index in [9.17, 15) is 9.59 Å². The van der Waals surface area contributed by atoms with Gasteiger partial charge >= 0.3 is 0 Å². The van der Waals surface area contributed by atoms with E-state index in [0.717, 1.165) is 12.8 Å². The van der Waals surface area contributed by atoms with E-state index >= 15 is 0 Å². The van der Waals surface area contributed by atoms with Crippen molar-refractivity contribution in [2.75, 3.05) is 33.9 Å². The first kappa shape index (κ1) is 22.2. The molecule has 2 aromatic rings. The molecule has 0 aliphatic carbocycles. The Morgan fingerprint density at radius 3 is 2.27 bits per heavy atom. The number of carbonyl (C=O) groups excluding carboxylic acids is 2. The lowest BCUT2D eigenvalue weighted by molar-refractivity contribution is 0.0684. The van der Waals surface area contributed by atoms with Gasteiger partial charge in [0.25, 0.3) is 11.8 Å². The summed E-state index contributed by atoms with van der Waals surface area (Å²) in [5.74, 6) is 1.21. The Morgan fingerprint density at radius 1 is 0.967 bits per heavy atom. The average molecular weight is 451 g/mol. The van der Waals surface area contributed by atoms with Crippen LogP contribution in [0.4, 0.5) is 0 Å². The van der Waals surface area contributed by atoms with Crippen LogP contribution in [-0.2, 0) is 0 Å². The van der Waals surface area contributed by atoms with Gasteiger partial charge < -0.3 is 19.7 Å². The van der Waals surface area contributed by atoms with E-state index in [2.05, 4.69) is 5.32 Å². The van der Waals surface area contributed by atoms with Gasteiger partial charge in [-0.3, -0.25) is 9.59 Å². The van der Waals surface area contributed by atoms with Crippen LogP contribution in [0.2, 0.25) is 10.0 Å².